The summed E-state index contributed by atoms with van der Waals surface area (Å²) in [7, 11) is 0. The summed E-state index contributed by atoms with van der Waals surface area (Å²) in [5, 5.41) is 23.7. The molecule has 3 heterocycles. The number of halogens is 2. The lowest BCUT2D eigenvalue weighted by Gasteiger charge is -2.39. The van der Waals surface area contributed by atoms with E-state index in [0.29, 0.717) is 46.8 Å². The van der Waals surface area contributed by atoms with Gasteiger partial charge >= 0.3 is 12.1 Å². The molecule has 0 spiro atoms. The second kappa shape index (κ2) is 14.6. The van der Waals surface area contributed by atoms with Gasteiger partial charge in [-0.3, -0.25) is 14.5 Å². The molecule has 15 heteroatoms. The molecule has 2 saturated heterocycles. The van der Waals surface area contributed by atoms with Crippen molar-refractivity contribution in [1.82, 2.24) is 9.80 Å². The van der Waals surface area contributed by atoms with E-state index in [2.05, 4.69) is 5.32 Å². The lowest BCUT2D eigenvalue weighted by Crippen LogP contribution is -2.50. The summed E-state index contributed by atoms with van der Waals surface area (Å²) in [4.78, 5) is 55.4. The number of hydrogen-bond acceptors (Lipinski definition) is 9. The molecule has 3 N–H and O–H groups in total. The summed E-state index contributed by atoms with van der Waals surface area (Å²) in [5.74, 6) is -4.86. The zero-order chi connectivity index (χ0) is 35.6. The number of thioether (sulfide) groups is 1. The lowest BCUT2D eigenvalue weighted by atomic mass is 9.86. The van der Waals surface area contributed by atoms with E-state index in [9.17, 15) is 38.2 Å². The highest BCUT2D eigenvalue weighted by atomic mass is 32.2. The van der Waals surface area contributed by atoms with Gasteiger partial charge in [0.25, 0.3) is 5.91 Å². The fraction of sp³-hybridized carbons (Fsp3) is 0.324. The normalized spacial score (nSPS) is 17.0. The highest BCUT2D eigenvalue weighted by molar-refractivity contribution is 8.26. The Bertz CT molecular complexity index is 1850. The van der Waals surface area contributed by atoms with Crippen LogP contribution in [0, 0.1) is 17.6 Å². The van der Waals surface area contributed by atoms with E-state index in [0.717, 1.165) is 30.0 Å². The smallest absolute Gasteiger partial charge is 0.410 e. The Labute approximate surface area is 294 Å². The van der Waals surface area contributed by atoms with Crippen LogP contribution in [-0.2, 0) is 14.3 Å². The van der Waals surface area contributed by atoms with Gasteiger partial charge in [-0.05, 0) is 92.4 Å². The molecule has 0 aliphatic carbocycles. The van der Waals surface area contributed by atoms with Gasteiger partial charge in [-0.15, -0.1) is 11.3 Å². The number of carbonyl (C=O) groups is 4. The van der Waals surface area contributed by atoms with Gasteiger partial charge in [0, 0.05) is 36.1 Å². The number of nitrogens with zero attached hydrogens (tertiary/aromatic N) is 2. The fourth-order valence-corrected chi connectivity index (χ4v) is 7.89. The third-order valence-electron chi connectivity index (χ3n) is 7.94. The molecule has 1 atom stereocenters. The van der Waals surface area contributed by atoms with Crippen molar-refractivity contribution in [2.24, 2.45) is 5.92 Å². The number of thiophene rings is 1. The van der Waals surface area contributed by atoms with Crippen molar-refractivity contribution >= 4 is 75.3 Å². The topological polar surface area (TPSA) is 136 Å². The van der Waals surface area contributed by atoms with E-state index in [1.54, 1.807) is 43.2 Å². The Kier molecular flexibility index (Phi) is 10.7. The van der Waals surface area contributed by atoms with Crippen molar-refractivity contribution in [3.63, 3.8) is 0 Å². The zero-order valence-corrected chi connectivity index (χ0v) is 29.1. The minimum Gasteiger partial charge on any atom is -0.507 e. The molecule has 1 aromatic heterocycles. The molecule has 0 bridgehead atoms. The SMILES string of the molecule is CC(C)(C)OC(=O)N1CCC(C(CC(=O)Nc2ccc(C(=O)O)c(O)c2)N2C(=O)C(=Cc3cc(-c4ccc(F)c(F)c4)cs3)SC2=S)CC1. The number of carbonyl (C=O) groups excluding carboxylic acids is 3. The maximum Gasteiger partial charge on any atom is 0.410 e. The van der Waals surface area contributed by atoms with Crippen LogP contribution in [0.4, 0.5) is 19.3 Å². The average Bonchev–Trinajstić information content (AvgIpc) is 3.60. The zero-order valence-electron chi connectivity index (χ0n) is 26.7. The van der Waals surface area contributed by atoms with E-state index in [4.69, 9.17) is 17.0 Å². The summed E-state index contributed by atoms with van der Waals surface area (Å²) in [5.41, 5.74) is 0.320. The van der Waals surface area contributed by atoms with E-state index in [1.165, 1.54) is 34.4 Å². The maximum absolute atomic E-state index is 13.9. The number of likely N-dealkylation sites (tertiary alicyclic amines) is 1. The number of rotatable bonds is 8. The van der Waals surface area contributed by atoms with Gasteiger partial charge in [0.05, 0.1) is 10.9 Å². The number of benzene rings is 2. The summed E-state index contributed by atoms with van der Waals surface area (Å²) < 4.78 is 33.0. The molecule has 3 amide bonds. The molecule has 49 heavy (non-hydrogen) atoms. The molecule has 2 aromatic carbocycles. The van der Waals surface area contributed by atoms with E-state index < -0.39 is 52.9 Å². The number of hydrogen-bond donors (Lipinski definition) is 3. The van der Waals surface area contributed by atoms with Crippen LogP contribution in [0.25, 0.3) is 17.2 Å². The molecule has 1 unspecified atom stereocenters. The van der Waals surface area contributed by atoms with Crippen molar-refractivity contribution in [3.8, 4) is 16.9 Å². The first-order chi connectivity index (χ1) is 23.1. The predicted octanol–water partition coefficient (Wildman–Crippen LogP) is 7.34. The summed E-state index contributed by atoms with van der Waals surface area (Å²) in [6.07, 6.45) is 1.98. The number of ether oxygens (including phenoxy) is 1. The molecule has 3 aromatic rings. The third kappa shape index (κ3) is 8.64. The number of aromatic carboxylic acids is 1. The van der Waals surface area contributed by atoms with E-state index >= 15 is 0 Å². The Morgan fingerprint density at radius 2 is 1.80 bits per heavy atom. The molecule has 2 aliphatic rings. The highest BCUT2D eigenvalue weighted by Crippen LogP contribution is 2.40. The van der Waals surface area contributed by atoms with Gasteiger partial charge in [-0.1, -0.05) is 30.0 Å². The number of aromatic hydroxyl groups is 1. The van der Waals surface area contributed by atoms with Gasteiger partial charge in [-0.25, -0.2) is 18.4 Å². The first-order valence-electron chi connectivity index (χ1n) is 15.2. The summed E-state index contributed by atoms with van der Waals surface area (Å²) >= 11 is 8.08. The number of thiocarbonyl (C=S) groups is 1. The minimum atomic E-state index is -1.32. The monoisotopic (exact) mass is 729 g/mol. The first-order valence-corrected chi connectivity index (χ1v) is 17.3. The predicted molar refractivity (Wildman–Crippen MR) is 187 cm³/mol. The van der Waals surface area contributed by atoms with Gasteiger partial charge in [-0.2, -0.15) is 0 Å². The molecule has 2 aliphatic heterocycles. The van der Waals surface area contributed by atoms with Crippen LogP contribution in [0.15, 0.2) is 52.7 Å². The largest absolute Gasteiger partial charge is 0.507 e. The standard InChI is InChI=1S/C34H33F2N3O7S3/c1-34(2,3)46-32(45)38-10-8-18(9-11-38)26(16-29(41)37-21-5-6-23(31(43)44)27(40)14-21)39-30(42)28(49-33(39)47)15-22-12-20(17-48-22)19-4-7-24(35)25(36)13-19/h4-7,12-15,17-18,26,40H,8-11,16H2,1-3H3,(H,37,41)(H,43,44). The highest BCUT2D eigenvalue weighted by Gasteiger charge is 2.43. The Morgan fingerprint density at radius 3 is 2.43 bits per heavy atom. The van der Waals surface area contributed by atoms with Crippen LogP contribution in [0.3, 0.4) is 0 Å². The van der Waals surface area contributed by atoms with Crippen LogP contribution < -0.4 is 5.32 Å². The summed E-state index contributed by atoms with van der Waals surface area (Å²) in [6, 6.07) is 8.35. The van der Waals surface area contributed by atoms with Gasteiger partial charge in [0.15, 0.2) is 11.6 Å². The molecule has 5 rings (SSSR count). The second-order valence-corrected chi connectivity index (χ2v) is 15.2. The quantitative estimate of drug-likeness (QED) is 0.161. The number of nitrogens with one attached hydrogen (secondary N) is 1. The van der Waals surface area contributed by atoms with Crippen molar-refractivity contribution < 1.29 is 42.9 Å². The van der Waals surface area contributed by atoms with Crippen molar-refractivity contribution in [2.75, 3.05) is 18.4 Å². The van der Waals surface area contributed by atoms with Gasteiger partial charge in [0.1, 0.15) is 21.2 Å². The molecule has 258 valence electrons. The third-order valence-corrected chi connectivity index (χ3v) is 10.2. The molecule has 2 fully saturated rings. The Hall–Kier alpha value is -4.34. The number of piperidine rings is 1. The van der Waals surface area contributed by atoms with Crippen LogP contribution >= 0.6 is 35.3 Å². The van der Waals surface area contributed by atoms with Gasteiger partial charge in [0.2, 0.25) is 5.91 Å². The van der Waals surface area contributed by atoms with E-state index in [-0.39, 0.29) is 27.9 Å². The average molecular weight is 730 g/mol. The minimum absolute atomic E-state index is 0.169. The number of carboxylic acids is 1. The number of phenols is 1. The number of amides is 3. The van der Waals surface area contributed by atoms with Crippen LogP contribution in [0.2, 0.25) is 0 Å². The van der Waals surface area contributed by atoms with Crippen LogP contribution in [0.5, 0.6) is 5.75 Å². The molecule has 10 nitrogen and oxygen atoms in total. The number of anilines is 1. The van der Waals surface area contributed by atoms with Crippen LogP contribution in [0.1, 0.15) is 55.3 Å². The van der Waals surface area contributed by atoms with Crippen molar-refractivity contribution in [3.05, 3.63) is 74.8 Å². The maximum atomic E-state index is 13.9. The lowest BCUT2D eigenvalue weighted by molar-refractivity contribution is -0.126. The molecular weight excluding hydrogens is 697 g/mol. The van der Waals surface area contributed by atoms with E-state index in [1.807, 2.05) is 0 Å². The van der Waals surface area contributed by atoms with Crippen LogP contribution in [-0.4, -0.2) is 72.9 Å². The summed E-state index contributed by atoms with van der Waals surface area (Å²) in [6.45, 7) is 6.03. The first kappa shape index (κ1) is 36.0. The second-order valence-electron chi connectivity index (χ2n) is 12.6. The van der Waals surface area contributed by atoms with Crippen molar-refractivity contribution in [1.29, 1.82) is 0 Å². The molecule has 0 radical (unpaired) electrons. The Morgan fingerprint density at radius 1 is 1.08 bits per heavy atom. The van der Waals surface area contributed by atoms with Crippen molar-refractivity contribution in [2.45, 2.75) is 51.7 Å². The molecular formula is C34H33F2N3O7S3. The fourth-order valence-electron chi connectivity index (χ4n) is 5.60. The molecule has 0 saturated carbocycles. The van der Waals surface area contributed by atoms with Gasteiger partial charge < -0.3 is 25.2 Å². The Balaban J connectivity index is 1.37. The number of carboxylic acid groups (broad SMARTS) is 1.